The van der Waals surface area contributed by atoms with Gasteiger partial charge in [-0.05, 0) is 36.1 Å². The van der Waals surface area contributed by atoms with Crippen LogP contribution in [0.1, 0.15) is 11.1 Å². The fourth-order valence-electron chi connectivity index (χ4n) is 3.45. The maximum Gasteiger partial charge on any atom is 0.0970 e. The number of aromatic nitrogens is 2. The van der Waals surface area contributed by atoms with Gasteiger partial charge in [-0.1, -0.05) is 36.4 Å². The van der Waals surface area contributed by atoms with Crippen LogP contribution in [0.15, 0.2) is 60.9 Å². The molecule has 0 spiro atoms. The molecule has 2 atom stereocenters. The topological polar surface area (TPSA) is 79.2 Å². The van der Waals surface area contributed by atoms with E-state index in [2.05, 4.69) is 34.2 Å². The zero-order chi connectivity index (χ0) is 18.6. The van der Waals surface area contributed by atoms with Gasteiger partial charge in [0.25, 0.3) is 0 Å². The van der Waals surface area contributed by atoms with Crippen molar-refractivity contribution in [1.29, 1.82) is 10.5 Å². The Kier molecular flexibility index (Phi) is 4.87. The van der Waals surface area contributed by atoms with Gasteiger partial charge in [-0.25, -0.2) is 0 Å². The molecule has 0 saturated carbocycles. The molecule has 5 heteroatoms. The van der Waals surface area contributed by atoms with Crippen LogP contribution in [0.5, 0.6) is 0 Å². The first kappa shape index (κ1) is 17.3. The normalized spacial score (nSPS) is 13.3. The predicted molar refractivity (Wildman–Crippen MR) is 110 cm³/mol. The Morgan fingerprint density at radius 2 is 1.19 bits per heavy atom. The summed E-state index contributed by atoms with van der Waals surface area (Å²) in [5, 5.41) is 21.0. The van der Waals surface area contributed by atoms with Crippen molar-refractivity contribution in [1.82, 2.24) is 9.97 Å². The molecule has 2 N–H and O–H groups in total. The molecule has 0 bridgehead atoms. The van der Waals surface area contributed by atoms with Gasteiger partial charge < -0.3 is 9.97 Å². The zero-order valence-electron chi connectivity index (χ0n) is 14.6. The lowest BCUT2D eigenvalue weighted by Gasteiger charge is -2.13. The number of rotatable bonds is 6. The quantitative estimate of drug-likeness (QED) is 0.504. The monoisotopic (exact) mass is 370 g/mol. The molecule has 0 saturated heterocycles. The minimum absolute atomic E-state index is 0.265. The minimum atomic E-state index is -0.265. The number of H-pyrrole nitrogens is 2. The summed E-state index contributed by atoms with van der Waals surface area (Å²) in [4.78, 5) is 6.51. The first-order valence-corrected chi connectivity index (χ1v) is 9.77. The Morgan fingerprint density at radius 3 is 1.63 bits per heavy atom. The smallest absolute Gasteiger partial charge is 0.0970 e. The lowest BCUT2D eigenvalue weighted by atomic mass is 10.1. The molecular weight excluding hydrogens is 352 g/mol. The molecule has 0 fully saturated rings. The molecular formula is C22H18N4S. The molecule has 2 heterocycles. The summed E-state index contributed by atoms with van der Waals surface area (Å²) in [7, 11) is 0. The van der Waals surface area contributed by atoms with Crippen molar-refractivity contribution in [3.8, 4) is 12.1 Å². The van der Waals surface area contributed by atoms with Gasteiger partial charge in [0, 0.05) is 34.2 Å². The molecule has 27 heavy (non-hydrogen) atoms. The van der Waals surface area contributed by atoms with Crippen LogP contribution >= 0.6 is 11.8 Å². The van der Waals surface area contributed by atoms with Crippen LogP contribution in [-0.2, 0) is 12.8 Å². The lowest BCUT2D eigenvalue weighted by Crippen LogP contribution is -2.13. The van der Waals surface area contributed by atoms with Crippen molar-refractivity contribution >= 4 is 33.6 Å². The summed E-state index contributed by atoms with van der Waals surface area (Å²) in [6.45, 7) is 0. The highest BCUT2D eigenvalue weighted by Crippen LogP contribution is 2.28. The van der Waals surface area contributed by atoms with Crippen LogP contribution in [0.3, 0.4) is 0 Å². The van der Waals surface area contributed by atoms with Crippen LogP contribution in [0.25, 0.3) is 21.8 Å². The second kappa shape index (κ2) is 7.61. The van der Waals surface area contributed by atoms with Crippen molar-refractivity contribution in [2.45, 2.75) is 23.3 Å². The summed E-state index contributed by atoms with van der Waals surface area (Å²) in [5.41, 5.74) is 4.39. The van der Waals surface area contributed by atoms with Gasteiger partial charge in [0.15, 0.2) is 0 Å². The van der Waals surface area contributed by atoms with E-state index in [9.17, 15) is 10.5 Å². The number of benzene rings is 2. The van der Waals surface area contributed by atoms with Crippen molar-refractivity contribution in [2.75, 3.05) is 0 Å². The SMILES string of the molecule is N#CC(Cc1c[nH]c2ccccc12)SC(C#N)Cc1c[nH]c2ccccc12. The fourth-order valence-corrected chi connectivity index (χ4v) is 4.52. The van der Waals surface area contributed by atoms with E-state index < -0.39 is 0 Å². The summed E-state index contributed by atoms with van der Waals surface area (Å²) in [6, 6.07) is 20.9. The molecule has 132 valence electrons. The Bertz CT molecular complexity index is 1070. The second-order valence-corrected chi connectivity index (χ2v) is 7.91. The number of fused-ring (bicyclic) bond motifs is 2. The van der Waals surface area contributed by atoms with Crippen LogP contribution in [-0.4, -0.2) is 20.5 Å². The number of para-hydroxylation sites is 2. The van der Waals surface area contributed by atoms with Crippen molar-refractivity contribution in [3.63, 3.8) is 0 Å². The Morgan fingerprint density at radius 1 is 0.741 bits per heavy atom. The van der Waals surface area contributed by atoms with E-state index in [1.54, 1.807) is 0 Å². The first-order valence-electron chi connectivity index (χ1n) is 8.83. The number of nitrogens with zero attached hydrogens (tertiary/aromatic N) is 2. The van der Waals surface area contributed by atoms with Gasteiger partial charge in [-0.2, -0.15) is 10.5 Å². The maximum absolute atomic E-state index is 9.64. The molecule has 0 aliphatic rings. The summed E-state index contributed by atoms with van der Waals surface area (Å²) in [5.74, 6) is 0. The molecule has 2 aromatic carbocycles. The minimum Gasteiger partial charge on any atom is -0.361 e. The van der Waals surface area contributed by atoms with Gasteiger partial charge >= 0.3 is 0 Å². The predicted octanol–water partition coefficient (Wildman–Crippen LogP) is 4.95. The van der Waals surface area contributed by atoms with Gasteiger partial charge in [-0.3, -0.25) is 0 Å². The summed E-state index contributed by atoms with van der Waals surface area (Å²) in [6.07, 6.45) is 5.18. The van der Waals surface area contributed by atoms with Crippen LogP contribution in [0, 0.1) is 22.7 Å². The molecule has 0 radical (unpaired) electrons. The van der Waals surface area contributed by atoms with Gasteiger partial charge in [0.1, 0.15) is 0 Å². The Labute approximate surface area is 161 Å². The standard InChI is InChI=1S/C22H18N4S/c23-11-17(9-15-13-25-21-7-3-1-5-19(15)21)27-18(12-24)10-16-14-26-22-8-4-2-6-20(16)22/h1-8,13-14,17-18,25-26H,9-10H2. The zero-order valence-corrected chi connectivity index (χ0v) is 15.5. The molecule has 2 unspecified atom stereocenters. The Balaban J connectivity index is 1.50. The molecule has 4 aromatic rings. The van der Waals surface area contributed by atoms with E-state index in [0.717, 1.165) is 32.9 Å². The van der Waals surface area contributed by atoms with Gasteiger partial charge in [-0.15, -0.1) is 11.8 Å². The maximum atomic E-state index is 9.64. The summed E-state index contributed by atoms with van der Waals surface area (Å²) < 4.78 is 0. The number of hydrogen-bond acceptors (Lipinski definition) is 3. The number of hydrogen-bond donors (Lipinski definition) is 2. The largest absolute Gasteiger partial charge is 0.361 e. The van der Waals surface area contributed by atoms with Crippen molar-refractivity contribution < 1.29 is 0 Å². The number of nitriles is 2. The van der Waals surface area contributed by atoms with Crippen LogP contribution in [0.2, 0.25) is 0 Å². The van der Waals surface area contributed by atoms with E-state index in [4.69, 9.17) is 0 Å². The molecule has 0 amide bonds. The molecule has 0 aliphatic heterocycles. The first-order chi connectivity index (χ1) is 13.3. The van der Waals surface area contributed by atoms with E-state index >= 15 is 0 Å². The second-order valence-electron chi connectivity index (χ2n) is 6.50. The molecule has 0 aliphatic carbocycles. The number of thioether (sulfide) groups is 1. The molecule has 2 aromatic heterocycles. The summed E-state index contributed by atoms with van der Waals surface area (Å²) >= 11 is 1.45. The number of nitrogens with one attached hydrogen (secondary N) is 2. The van der Waals surface area contributed by atoms with E-state index in [0.29, 0.717) is 12.8 Å². The van der Waals surface area contributed by atoms with E-state index in [1.807, 2.05) is 48.8 Å². The van der Waals surface area contributed by atoms with E-state index in [1.165, 1.54) is 11.8 Å². The van der Waals surface area contributed by atoms with Crippen molar-refractivity contribution in [2.24, 2.45) is 0 Å². The fraction of sp³-hybridized carbons (Fsp3) is 0.182. The number of aromatic amines is 2. The van der Waals surface area contributed by atoms with E-state index in [-0.39, 0.29) is 10.5 Å². The average molecular weight is 370 g/mol. The Hall–Kier alpha value is -3.15. The van der Waals surface area contributed by atoms with Gasteiger partial charge in [0.2, 0.25) is 0 Å². The highest BCUT2D eigenvalue weighted by molar-refractivity contribution is 8.01. The lowest BCUT2D eigenvalue weighted by molar-refractivity contribution is 0.994. The molecule has 4 rings (SSSR count). The van der Waals surface area contributed by atoms with Gasteiger partial charge in [0.05, 0.1) is 22.6 Å². The third kappa shape index (κ3) is 3.56. The molecule has 4 nitrogen and oxygen atoms in total. The van der Waals surface area contributed by atoms with Crippen LogP contribution in [0.4, 0.5) is 0 Å². The third-order valence-corrected chi connectivity index (χ3v) is 5.98. The average Bonchev–Trinajstić information content (AvgIpc) is 3.31. The van der Waals surface area contributed by atoms with Crippen molar-refractivity contribution in [3.05, 3.63) is 72.1 Å². The highest BCUT2D eigenvalue weighted by atomic mass is 32.2. The van der Waals surface area contributed by atoms with Crippen LogP contribution < -0.4 is 0 Å². The third-order valence-electron chi connectivity index (χ3n) is 4.78. The highest BCUT2D eigenvalue weighted by Gasteiger charge is 2.20.